The molecule has 4 rings (SSSR count). The lowest BCUT2D eigenvalue weighted by molar-refractivity contribution is 0.0259. The van der Waals surface area contributed by atoms with Crippen molar-refractivity contribution in [2.75, 3.05) is 37.6 Å². The van der Waals surface area contributed by atoms with Crippen LogP contribution >= 0.6 is 0 Å². The number of ether oxygens (including phenoxy) is 2. The molecule has 0 aliphatic heterocycles. The number of fused-ring (bicyclic) bond motifs is 2. The van der Waals surface area contributed by atoms with Gasteiger partial charge >= 0.3 is 19.3 Å². The molecule has 2 aliphatic carbocycles. The largest absolute Gasteiger partial charge is 0.484 e. The Labute approximate surface area is 281 Å². The molecule has 0 atom stereocenters. The van der Waals surface area contributed by atoms with Crippen molar-refractivity contribution in [3.63, 3.8) is 0 Å². The van der Waals surface area contributed by atoms with Gasteiger partial charge in [-0.15, -0.1) is 0 Å². The molecule has 6 N–H and O–H groups in total. The van der Waals surface area contributed by atoms with Gasteiger partial charge in [-0.2, -0.15) is 0 Å². The summed E-state index contributed by atoms with van der Waals surface area (Å²) in [5, 5.41) is 17.9. The molecule has 2 heterocycles. The van der Waals surface area contributed by atoms with Crippen LogP contribution in [0.4, 0.5) is 21.0 Å². The first-order chi connectivity index (χ1) is 21.9. The molecule has 0 bridgehead atoms. The Morgan fingerprint density at radius 1 is 0.787 bits per heavy atom. The molecule has 2 aromatic rings. The van der Waals surface area contributed by atoms with Gasteiger partial charge in [-0.1, -0.05) is 18.2 Å². The fourth-order valence-corrected chi connectivity index (χ4v) is 4.23. The molecule has 0 fully saturated rings. The van der Waals surface area contributed by atoms with E-state index >= 15 is 0 Å². The minimum Gasteiger partial charge on any atom is -0.444 e. The van der Waals surface area contributed by atoms with Gasteiger partial charge in [0.1, 0.15) is 11.2 Å². The summed E-state index contributed by atoms with van der Waals surface area (Å²) in [5.74, 6) is 0. The molecular weight excluding hydrogens is 599 g/mol. The van der Waals surface area contributed by atoms with E-state index in [0.29, 0.717) is 43.8 Å². The summed E-state index contributed by atoms with van der Waals surface area (Å²) in [7, 11) is -1.41. The van der Waals surface area contributed by atoms with E-state index in [0.717, 1.165) is 34.6 Å². The van der Waals surface area contributed by atoms with Gasteiger partial charge in [-0.3, -0.25) is 9.97 Å². The third-order valence-electron chi connectivity index (χ3n) is 6.67. The van der Waals surface area contributed by atoms with E-state index in [9.17, 15) is 9.59 Å². The first kappa shape index (κ1) is 40.9. The summed E-state index contributed by atoms with van der Waals surface area (Å²) in [5.41, 5.74) is 16.4. The predicted octanol–water partition coefficient (Wildman–Crippen LogP) is 5.38. The number of amides is 2. The van der Waals surface area contributed by atoms with Gasteiger partial charge in [-0.05, 0) is 86.8 Å². The average Bonchev–Trinajstić information content (AvgIpc) is 3.63. The van der Waals surface area contributed by atoms with Crippen molar-refractivity contribution in [3.8, 4) is 0 Å². The van der Waals surface area contributed by atoms with Crippen LogP contribution < -0.4 is 11.5 Å². The number of anilines is 2. The zero-order valence-corrected chi connectivity index (χ0v) is 29.8. The maximum atomic E-state index is 11.3. The topological polar surface area (TPSA) is 177 Å². The molecule has 0 saturated carbocycles. The third kappa shape index (κ3) is 14.5. The van der Waals surface area contributed by atoms with Gasteiger partial charge in [-0.25, -0.2) is 9.59 Å². The summed E-state index contributed by atoms with van der Waals surface area (Å²) in [4.78, 5) is 34.2. The molecule has 0 unspecified atom stereocenters. The number of allylic oxidation sites excluding steroid dienone is 2. The van der Waals surface area contributed by atoms with E-state index in [2.05, 4.69) is 16.0 Å². The number of rotatable bonds is 5. The highest BCUT2D eigenvalue weighted by Crippen LogP contribution is 2.27. The molecular formula is C34H55BN6O6. The van der Waals surface area contributed by atoms with Gasteiger partial charge in [0.15, 0.2) is 0 Å². The normalized spacial score (nSPS) is 12.4. The predicted molar refractivity (Wildman–Crippen MR) is 190 cm³/mol. The van der Waals surface area contributed by atoms with Crippen LogP contribution in [0.25, 0.3) is 12.2 Å². The average molecular weight is 655 g/mol. The summed E-state index contributed by atoms with van der Waals surface area (Å²) < 4.78 is 10.3. The number of pyridine rings is 2. The minimum absolute atomic E-state index is 0.229. The van der Waals surface area contributed by atoms with E-state index in [1.165, 1.54) is 0 Å². The van der Waals surface area contributed by atoms with E-state index < -0.39 is 7.12 Å². The number of nitrogen functional groups attached to an aromatic ring is 2. The Morgan fingerprint density at radius 3 is 1.57 bits per heavy atom. The first-order valence-corrected chi connectivity index (χ1v) is 16.0. The van der Waals surface area contributed by atoms with Crippen LogP contribution in [-0.4, -0.2) is 86.5 Å². The maximum absolute atomic E-state index is 11.3. The van der Waals surface area contributed by atoms with Gasteiger partial charge in [0.25, 0.3) is 0 Å². The number of hydrogen-bond acceptors (Lipinski definition) is 10. The minimum atomic E-state index is -1.41. The zero-order chi connectivity index (χ0) is 35.9. The van der Waals surface area contributed by atoms with Crippen LogP contribution in [0.5, 0.6) is 0 Å². The second kappa shape index (κ2) is 18.9. The molecule has 47 heavy (non-hydrogen) atoms. The van der Waals surface area contributed by atoms with Crippen LogP contribution in [0, 0.1) is 0 Å². The van der Waals surface area contributed by atoms with Crippen molar-refractivity contribution >= 4 is 42.8 Å². The molecule has 12 nitrogen and oxygen atoms in total. The number of carbonyl (C=O) groups excluding carboxylic acids is 2. The van der Waals surface area contributed by atoms with Crippen LogP contribution in [0.15, 0.2) is 36.1 Å². The highest BCUT2D eigenvalue weighted by molar-refractivity contribution is 6.52. The molecule has 2 aromatic heterocycles. The first-order valence-electron chi connectivity index (χ1n) is 16.0. The fraction of sp³-hybridized carbons (Fsp3) is 0.529. The van der Waals surface area contributed by atoms with E-state index in [1.54, 1.807) is 34.3 Å². The van der Waals surface area contributed by atoms with E-state index in [4.69, 9.17) is 31.0 Å². The van der Waals surface area contributed by atoms with Crippen LogP contribution in [0.1, 0.15) is 91.8 Å². The Bertz CT molecular complexity index is 1320. The van der Waals surface area contributed by atoms with Gasteiger partial charge < -0.3 is 40.8 Å². The molecule has 260 valence electrons. The highest BCUT2D eigenvalue weighted by atomic mass is 16.6. The van der Waals surface area contributed by atoms with Crippen LogP contribution in [-0.2, 0) is 22.3 Å². The summed E-state index contributed by atoms with van der Waals surface area (Å²) in [6.45, 7) is 21.8. The van der Waals surface area contributed by atoms with Crippen molar-refractivity contribution < 1.29 is 29.1 Å². The summed E-state index contributed by atoms with van der Waals surface area (Å²) in [6, 6.07) is 3.52. The highest BCUT2D eigenvalue weighted by Gasteiger charge is 2.24. The number of nitrogens with zero attached hydrogens (tertiary/aromatic N) is 4. The van der Waals surface area contributed by atoms with Gasteiger partial charge in [0.2, 0.25) is 0 Å². The van der Waals surface area contributed by atoms with E-state index in [1.807, 2.05) is 81.4 Å². The smallest absolute Gasteiger partial charge is 0.444 e. The lowest BCUT2D eigenvalue weighted by Crippen LogP contribution is -2.36. The fourth-order valence-electron chi connectivity index (χ4n) is 4.23. The Kier molecular flexibility index (Phi) is 16.5. The number of hydrogen-bond donors (Lipinski definition) is 4. The van der Waals surface area contributed by atoms with Crippen molar-refractivity contribution in [1.82, 2.24) is 19.8 Å². The van der Waals surface area contributed by atoms with Gasteiger partial charge in [0, 0.05) is 73.9 Å². The monoisotopic (exact) mass is 654 g/mol. The standard InChI is InChI=1S/2C9H19NO2.C8H9BN2O2.C8H8N2/c2*1-6-10(7-2)8(11)12-9(3,4)5;10-7-1-2-11-8-4-5(9(12)13)3-6(7)8;9-7-4-5-10-8-3-1-2-6(7)8/h2*6-7H2,1-5H3;1-3,12-13H,4H2,(H2,10,11);1-2,4-5H,3H2,(H2,9,10). The van der Waals surface area contributed by atoms with Crippen molar-refractivity contribution in [2.24, 2.45) is 0 Å². The second-order valence-corrected chi connectivity index (χ2v) is 12.7. The molecule has 0 aromatic carbocycles. The van der Waals surface area contributed by atoms with Gasteiger partial charge in [0.05, 0.1) is 11.4 Å². The Morgan fingerprint density at radius 2 is 1.21 bits per heavy atom. The lowest BCUT2D eigenvalue weighted by atomic mass is 9.79. The third-order valence-corrected chi connectivity index (χ3v) is 6.67. The Hall–Kier alpha value is -4.10. The molecule has 13 heteroatoms. The van der Waals surface area contributed by atoms with Crippen molar-refractivity contribution in [3.05, 3.63) is 58.6 Å². The molecule has 0 spiro atoms. The van der Waals surface area contributed by atoms with Crippen LogP contribution in [0.3, 0.4) is 0 Å². The van der Waals surface area contributed by atoms with Crippen LogP contribution in [0.2, 0.25) is 0 Å². The second-order valence-electron chi connectivity index (χ2n) is 12.7. The summed E-state index contributed by atoms with van der Waals surface area (Å²) >= 11 is 0. The van der Waals surface area contributed by atoms with Crippen molar-refractivity contribution in [1.29, 1.82) is 0 Å². The SMILES string of the molecule is CCN(CC)C(=O)OC(C)(C)C.CCN(CC)C(=O)OC(C)(C)C.Nc1ccnc2c1C=C(B(O)O)C2.Nc1ccnc2c1C=CC2. The number of nitrogens with two attached hydrogens (primary N) is 2. The zero-order valence-electron chi connectivity index (χ0n) is 29.8. The molecule has 0 saturated heterocycles. The molecule has 2 aliphatic rings. The van der Waals surface area contributed by atoms with Crippen molar-refractivity contribution in [2.45, 2.75) is 93.3 Å². The number of carbonyl (C=O) groups is 2. The molecule has 0 radical (unpaired) electrons. The maximum Gasteiger partial charge on any atom is 0.484 e. The molecule has 2 amide bonds. The lowest BCUT2D eigenvalue weighted by Gasteiger charge is -2.25. The quantitative estimate of drug-likeness (QED) is 0.306. The number of aromatic nitrogens is 2. The summed E-state index contributed by atoms with van der Waals surface area (Å²) in [6.07, 6.45) is 10.1. The van der Waals surface area contributed by atoms with E-state index in [-0.39, 0.29) is 23.4 Å². The Balaban J connectivity index is 0.000000314.